The van der Waals surface area contributed by atoms with Crippen molar-refractivity contribution in [3.05, 3.63) is 58.8 Å². The van der Waals surface area contributed by atoms with E-state index in [1.165, 1.54) is 18.9 Å². The first-order chi connectivity index (χ1) is 12.1. The predicted molar refractivity (Wildman–Crippen MR) is 98.3 cm³/mol. The van der Waals surface area contributed by atoms with E-state index in [9.17, 15) is 4.79 Å². The zero-order valence-corrected chi connectivity index (χ0v) is 15.0. The lowest BCUT2D eigenvalue weighted by Gasteiger charge is -2.25. The fraction of sp³-hybridized carbons (Fsp3) is 0.368. The van der Waals surface area contributed by atoms with E-state index >= 15 is 0 Å². The summed E-state index contributed by atoms with van der Waals surface area (Å²) >= 11 is 5.84. The normalized spacial score (nSPS) is 16.4. The molecule has 0 saturated carbocycles. The van der Waals surface area contributed by atoms with Crippen molar-refractivity contribution < 1.29 is 9.21 Å². The first-order valence-electron chi connectivity index (χ1n) is 8.50. The van der Waals surface area contributed by atoms with E-state index in [4.69, 9.17) is 16.0 Å². The maximum Gasteiger partial charge on any atom is 0.244 e. The molecule has 0 aromatic carbocycles. The fourth-order valence-electron chi connectivity index (χ4n) is 3.04. The van der Waals surface area contributed by atoms with Crippen LogP contribution in [-0.2, 0) is 4.79 Å². The minimum Gasteiger partial charge on any atom is -0.465 e. The Labute approximate surface area is 152 Å². The van der Waals surface area contributed by atoms with Crippen molar-refractivity contribution in [2.45, 2.75) is 25.8 Å². The van der Waals surface area contributed by atoms with E-state index < -0.39 is 0 Å². The van der Waals surface area contributed by atoms with Gasteiger partial charge in [0.15, 0.2) is 0 Å². The molecule has 0 bridgehead atoms. The van der Waals surface area contributed by atoms with Crippen LogP contribution in [0, 0.1) is 6.92 Å². The molecule has 0 spiro atoms. The third kappa shape index (κ3) is 4.94. The fourth-order valence-corrected chi connectivity index (χ4v) is 3.23. The molecule has 132 valence electrons. The predicted octanol–water partition coefficient (Wildman–Crippen LogP) is 3.60. The molecule has 1 aliphatic rings. The van der Waals surface area contributed by atoms with Crippen molar-refractivity contribution in [2.24, 2.45) is 0 Å². The smallest absolute Gasteiger partial charge is 0.244 e. The summed E-state index contributed by atoms with van der Waals surface area (Å²) in [4.78, 5) is 18.4. The van der Waals surface area contributed by atoms with Gasteiger partial charge in [-0.3, -0.25) is 9.69 Å². The van der Waals surface area contributed by atoms with E-state index in [0.29, 0.717) is 11.7 Å². The highest BCUT2D eigenvalue weighted by molar-refractivity contribution is 6.29. The Bertz CT molecular complexity index is 751. The van der Waals surface area contributed by atoms with E-state index in [0.717, 1.165) is 30.2 Å². The van der Waals surface area contributed by atoms with Crippen molar-refractivity contribution in [3.63, 3.8) is 0 Å². The molecule has 2 aromatic heterocycles. The van der Waals surface area contributed by atoms with Crippen LogP contribution in [0.25, 0.3) is 6.08 Å². The number of carbonyl (C=O) groups excluding carboxylic acids is 1. The monoisotopic (exact) mass is 359 g/mol. The van der Waals surface area contributed by atoms with Gasteiger partial charge in [-0.2, -0.15) is 0 Å². The summed E-state index contributed by atoms with van der Waals surface area (Å²) in [5, 5.41) is 3.38. The molecule has 1 fully saturated rings. The molecule has 1 unspecified atom stereocenters. The number of pyridine rings is 1. The van der Waals surface area contributed by atoms with Crippen LogP contribution in [0.2, 0.25) is 5.15 Å². The van der Waals surface area contributed by atoms with Crippen LogP contribution < -0.4 is 5.32 Å². The largest absolute Gasteiger partial charge is 0.465 e. The molecule has 1 atom stereocenters. The number of hydrogen-bond acceptors (Lipinski definition) is 4. The number of halogens is 1. The molecule has 1 saturated heterocycles. The lowest BCUT2D eigenvalue weighted by Crippen LogP contribution is -2.36. The highest BCUT2D eigenvalue weighted by Gasteiger charge is 2.26. The lowest BCUT2D eigenvalue weighted by atomic mass is 10.2. The molecule has 0 aliphatic carbocycles. The summed E-state index contributed by atoms with van der Waals surface area (Å²) in [7, 11) is 0. The molecule has 1 amide bonds. The average Bonchev–Trinajstić information content (AvgIpc) is 3.26. The van der Waals surface area contributed by atoms with Crippen LogP contribution in [0.15, 0.2) is 41.0 Å². The maximum absolute atomic E-state index is 12.2. The Kier molecular flexibility index (Phi) is 5.89. The van der Waals surface area contributed by atoms with Gasteiger partial charge in [0.05, 0.1) is 6.04 Å². The van der Waals surface area contributed by atoms with Gasteiger partial charge in [0.25, 0.3) is 0 Å². The Morgan fingerprint density at radius 1 is 1.40 bits per heavy atom. The topological polar surface area (TPSA) is 58.4 Å². The highest BCUT2D eigenvalue weighted by Crippen LogP contribution is 2.26. The number of nitrogens with one attached hydrogen (secondary N) is 1. The van der Waals surface area contributed by atoms with Gasteiger partial charge >= 0.3 is 0 Å². The van der Waals surface area contributed by atoms with Crippen LogP contribution in [-0.4, -0.2) is 35.4 Å². The molecule has 1 N–H and O–H groups in total. The van der Waals surface area contributed by atoms with Crippen molar-refractivity contribution in [1.29, 1.82) is 0 Å². The number of aromatic nitrogens is 1. The second kappa shape index (κ2) is 8.32. The molecule has 25 heavy (non-hydrogen) atoms. The number of rotatable bonds is 6. The van der Waals surface area contributed by atoms with Crippen molar-refractivity contribution >= 4 is 23.6 Å². The van der Waals surface area contributed by atoms with Gasteiger partial charge < -0.3 is 9.73 Å². The minimum atomic E-state index is -0.139. The number of nitrogens with zero attached hydrogens (tertiary/aromatic N) is 2. The van der Waals surface area contributed by atoms with Gasteiger partial charge in [-0.05, 0) is 68.8 Å². The van der Waals surface area contributed by atoms with Crippen molar-refractivity contribution in [3.8, 4) is 0 Å². The highest BCUT2D eigenvalue weighted by atomic mass is 35.5. The van der Waals surface area contributed by atoms with Crippen LogP contribution in [0.5, 0.6) is 0 Å². The Balaban J connectivity index is 1.61. The number of likely N-dealkylation sites (tertiary alicyclic amines) is 1. The van der Waals surface area contributed by atoms with Crippen molar-refractivity contribution in [2.75, 3.05) is 19.6 Å². The van der Waals surface area contributed by atoms with Crippen LogP contribution >= 0.6 is 11.6 Å². The van der Waals surface area contributed by atoms with Gasteiger partial charge in [-0.25, -0.2) is 4.98 Å². The van der Waals surface area contributed by atoms with E-state index in [-0.39, 0.29) is 11.9 Å². The van der Waals surface area contributed by atoms with Gasteiger partial charge in [-0.1, -0.05) is 11.6 Å². The Morgan fingerprint density at radius 3 is 2.88 bits per heavy atom. The molecule has 2 aromatic rings. The third-order valence-corrected chi connectivity index (χ3v) is 4.53. The molecule has 3 rings (SSSR count). The van der Waals surface area contributed by atoms with Gasteiger partial charge in [-0.15, -0.1) is 0 Å². The quantitative estimate of drug-likeness (QED) is 0.632. The van der Waals surface area contributed by atoms with E-state index in [2.05, 4.69) is 15.2 Å². The molecule has 1 aliphatic heterocycles. The second-order valence-corrected chi connectivity index (χ2v) is 6.58. The van der Waals surface area contributed by atoms with E-state index in [1.54, 1.807) is 24.4 Å². The van der Waals surface area contributed by atoms with Crippen LogP contribution in [0.4, 0.5) is 0 Å². The zero-order chi connectivity index (χ0) is 17.6. The third-order valence-electron chi connectivity index (χ3n) is 4.32. The maximum atomic E-state index is 12.2. The van der Waals surface area contributed by atoms with Gasteiger partial charge in [0, 0.05) is 18.8 Å². The summed E-state index contributed by atoms with van der Waals surface area (Å²) < 4.78 is 5.80. The molecular formula is C19H22ClN3O2. The average molecular weight is 360 g/mol. The number of amides is 1. The molecule has 6 heteroatoms. The zero-order valence-electron chi connectivity index (χ0n) is 14.2. The second-order valence-electron chi connectivity index (χ2n) is 6.20. The summed E-state index contributed by atoms with van der Waals surface area (Å²) in [6, 6.07) is 7.55. The number of carbonyl (C=O) groups is 1. The van der Waals surface area contributed by atoms with E-state index in [1.807, 2.05) is 19.1 Å². The standard InChI is InChI=1S/C19H22ClN3O2/c1-14-4-6-17(25-14)16(23-10-2-3-11-23)13-22-19(24)7-5-15-8-9-21-18(20)12-15/h4-9,12,16H,2-3,10-11,13H2,1H3,(H,22,24)/b7-5+. The number of aryl methyl sites for hydroxylation is 1. The molecule has 0 radical (unpaired) electrons. The number of hydrogen-bond donors (Lipinski definition) is 1. The summed E-state index contributed by atoms with van der Waals surface area (Å²) in [5.41, 5.74) is 0.841. The Hall–Kier alpha value is -2.11. The van der Waals surface area contributed by atoms with Crippen LogP contribution in [0.1, 0.15) is 36.0 Å². The molecule has 3 heterocycles. The summed E-state index contributed by atoms with van der Waals surface area (Å²) in [5.74, 6) is 1.66. The first-order valence-corrected chi connectivity index (χ1v) is 8.87. The first kappa shape index (κ1) is 17.7. The minimum absolute atomic E-state index is 0.0731. The SMILES string of the molecule is Cc1ccc(C(CNC(=O)/C=C/c2ccnc(Cl)c2)N2CCCC2)o1. The Morgan fingerprint density at radius 2 is 2.20 bits per heavy atom. The summed E-state index contributed by atoms with van der Waals surface area (Å²) in [6.45, 7) is 4.52. The molecular weight excluding hydrogens is 338 g/mol. The van der Waals surface area contributed by atoms with Gasteiger partial charge in [0.1, 0.15) is 16.7 Å². The lowest BCUT2D eigenvalue weighted by molar-refractivity contribution is -0.116. The molecule has 5 nitrogen and oxygen atoms in total. The van der Waals surface area contributed by atoms with Crippen LogP contribution in [0.3, 0.4) is 0 Å². The van der Waals surface area contributed by atoms with Crippen molar-refractivity contribution in [1.82, 2.24) is 15.2 Å². The number of furan rings is 1. The van der Waals surface area contributed by atoms with Gasteiger partial charge in [0.2, 0.25) is 5.91 Å². The summed E-state index contributed by atoms with van der Waals surface area (Å²) in [6.07, 6.45) is 7.23.